The average Bonchev–Trinajstić information content (AvgIpc) is 2.63. The van der Waals surface area contributed by atoms with E-state index in [-0.39, 0.29) is 36.2 Å². The molecule has 1 aliphatic heterocycles. The molecule has 0 saturated carbocycles. The molecule has 0 saturated heterocycles. The van der Waals surface area contributed by atoms with Gasteiger partial charge in [-0.25, -0.2) is 18.2 Å². The third-order valence-electron chi connectivity index (χ3n) is 3.93. The quantitative estimate of drug-likeness (QED) is 0.702. The number of amidine groups is 1. The monoisotopic (exact) mass is 478 g/mol. The van der Waals surface area contributed by atoms with Gasteiger partial charge in [-0.15, -0.1) is 12.4 Å². The molecule has 6 nitrogen and oxygen atoms in total. The van der Waals surface area contributed by atoms with Crippen LogP contribution in [0, 0.1) is 5.82 Å². The van der Waals surface area contributed by atoms with E-state index in [1.165, 1.54) is 18.3 Å². The number of pyridine rings is 1. The number of rotatable bonds is 4. The number of hydrogen-bond acceptors (Lipinski definition) is 5. The Hall–Kier alpha value is -2.17. The van der Waals surface area contributed by atoms with Crippen LogP contribution in [0.3, 0.4) is 0 Å². The molecule has 2 aromatic rings. The number of ether oxygens (including phenoxy) is 1. The molecular weight excluding hydrogens is 465 g/mol. The number of halogens is 5. The number of nitrogens with zero attached hydrogens (tertiary/aromatic N) is 2. The van der Waals surface area contributed by atoms with E-state index in [0.29, 0.717) is 4.47 Å². The van der Waals surface area contributed by atoms with Crippen LogP contribution in [0.15, 0.2) is 46.0 Å². The van der Waals surface area contributed by atoms with Gasteiger partial charge < -0.3 is 15.8 Å². The zero-order chi connectivity index (χ0) is 19.6. The van der Waals surface area contributed by atoms with Gasteiger partial charge in [-0.05, 0) is 46.3 Å². The highest BCUT2D eigenvalue weighted by molar-refractivity contribution is 9.10. The standard InChI is InChI=1S/C17H14BrF3N4O2.ClH/c18-9-1-4-13(23-6-9)15(26)24-10-2-3-12(19)11(5-10)17(16(20)21)8-27-7-14(22)25-17;/h1-6,16H,7-8H2,(H2,22,25)(H,24,26);1H/t17-;/m0./s1. The highest BCUT2D eigenvalue weighted by Crippen LogP contribution is 2.38. The lowest BCUT2D eigenvalue weighted by molar-refractivity contribution is -0.0145. The number of carbonyl (C=O) groups excluding carboxylic acids is 1. The zero-order valence-corrected chi connectivity index (χ0v) is 16.6. The molecule has 0 radical (unpaired) electrons. The Bertz CT molecular complexity index is 898. The first kappa shape index (κ1) is 22.1. The average molecular weight is 480 g/mol. The molecule has 3 rings (SSSR count). The van der Waals surface area contributed by atoms with Crippen LogP contribution in [0.5, 0.6) is 0 Å². The van der Waals surface area contributed by atoms with E-state index in [0.717, 1.165) is 12.1 Å². The fourth-order valence-corrected chi connectivity index (χ4v) is 2.87. The normalized spacial score (nSPS) is 19.0. The summed E-state index contributed by atoms with van der Waals surface area (Å²) in [5.41, 5.74) is 3.06. The van der Waals surface area contributed by atoms with Crippen molar-refractivity contribution in [1.82, 2.24) is 4.98 Å². The number of benzene rings is 1. The molecule has 3 N–H and O–H groups in total. The van der Waals surface area contributed by atoms with E-state index in [9.17, 15) is 18.0 Å². The highest BCUT2D eigenvalue weighted by atomic mass is 79.9. The van der Waals surface area contributed by atoms with Gasteiger partial charge in [-0.2, -0.15) is 0 Å². The molecule has 2 heterocycles. The summed E-state index contributed by atoms with van der Waals surface area (Å²) in [4.78, 5) is 20.0. The van der Waals surface area contributed by atoms with Crippen LogP contribution in [0.1, 0.15) is 16.1 Å². The molecule has 28 heavy (non-hydrogen) atoms. The highest BCUT2D eigenvalue weighted by Gasteiger charge is 2.46. The van der Waals surface area contributed by atoms with Gasteiger partial charge >= 0.3 is 0 Å². The van der Waals surface area contributed by atoms with Crippen molar-refractivity contribution in [1.29, 1.82) is 0 Å². The van der Waals surface area contributed by atoms with Crippen molar-refractivity contribution >= 4 is 45.8 Å². The minimum absolute atomic E-state index is 0. The molecule has 0 fully saturated rings. The topological polar surface area (TPSA) is 89.6 Å². The molecule has 11 heteroatoms. The summed E-state index contributed by atoms with van der Waals surface area (Å²) in [5.74, 6) is -1.64. The van der Waals surface area contributed by atoms with E-state index in [2.05, 4.69) is 31.2 Å². The first-order chi connectivity index (χ1) is 12.8. The first-order valence-corrected chi connectivity index (χ1v) is 8.54. The number of hydrogen-bond donors (Lipinski definition) is 2. The maximum atomic E-state index is 14.4. The number of amides is 1. The number of carbonyl (C=O) groups is 1. The maximum Gasteiger partial charge on any atom is 0.274 e. The summed E-state index contributed by atoms with van der Waals surface area (Å²) in [6, 6.07) is 6.44. The van der Waals surface area contributed by atoms with Crippen LogP contribution in [0.2, 0.25) is 0 Å². The largest absolute Gasteiger partial charge is 0.385 e. The van der Waals surface area contributed by atoms with Crippen LogP contribution in [-0.4, -0.2) is 36.4 Å². The van der Waals surface area contributed by atoms with Crippen molar-refractivity contribution in [3.63, 3.8) is 0 Å². The summed E-state index contributed by atoms with van der Waals surface area (Å²) >= 11 is 3.21. The summed E-state index contributed by atoms with van der Waals surface area (Å²) in [5, 5.41) is 2.50. The Morgan fingerprint density at radius 3 is 2.68 bits per heavy atom. The molecule has 1 aliphatic rings. The van der Waals surface area contributed by atoms with Gasteiger partial charge in [0.1, 0.15) is 24.0 Å². The second-order valence-corrected chi connectivity index (χ2v) is 6.75. The van der Waals surface area contributed by atoms with Crippen LogP contribution in [0.4, 0.5) is 18.9 Å². The van der Waals surface area contributed by atoms with Gasteiger partial charge in [0.25, 0.3) is 12.3 Å². The lowest BCUT2D eigenvalue weighted by Crippen LogP contribution is -2.45. The smallest absolute Gasteiger partial charge is 0.274 e. The first-order valence-electron chi connectivity index (χ1n) is 7.75. The van der Waals surface area contributed by atoms with Gasteiger partial charge in [0, 0.05) is 21.9 Å². The Morgan fingerprint density at radius 1 is 1.32 bits per heavy atom. The number of aromatic nitrogens is 1. The molecule has 1 atom stereocenters. The third-order valence-corrected chi connectivity index (χ3v) is 4.40. The summed E-state index contributed by atoms with van der Waals surface area (Å²) in [6.45, 7) is -0.643. The molecule has 0 aliphatic carbocycles. The summed E-state index contributed by atoms with van der Waals surface area (Å²) in [6.07, 6.45) is -1.63. The van der Waals surface area contributed by atoms with E-state index >= 15 is 0 Å². The Morgan fingerprint density at radius 2 is 2.07 bits per heavy atom. The SMILES string of the molecule is Cl.NC1=N[C@@](c2cc(NC(=O)c3ccc(Br)cn3)ccc2F)(C(F)F)COC1. The summed E-state index contributed by atoms with van der Waals surface area (Å²) < 4.78 is 47.7. The Labute approximate surface area is 172 Å². The number of aliphatic imine (C=N–C) groups is 1. The zero-order valence-electron chi connectivity index (χ0n) is 14.2. The number of nitrogens with two attached hydrogens (primary N) is 1. The van der Waals surface area contributed by atoms with Crippen LogP contribution < -0.4 is 11.1 Å². The van der Waals surface area contributed by atoms with Crippen molar-refractivity contribution in [3.05, 3.63) is 58.1 Å². The number of anilines is 1. The Kier molecular flexibility index (Phi) is 7.02. The molecule has 1 aromatic carbocycles. The second-order valence-electron chi connectivity index (χ2n) is 5.83. The summed E-state index contributed by atoms with van der Waals surface area (Å²) in [7, 11) is 0. The van der Waals surface area contributed by atoms with Crippen LogP contribution in [-0.2, 0) is 10.3 Å². The fraction of sp³-hybridized carbons (Fsp3) is 0.235. The van der Waals surface area contributed by atoms with Crippen molar-refractivity contribution in [2.75, 3.05) is 18.5 Å². The second kappa shape index (κ2) is 8.89. The number of nitrogens with one attached hydrogen (secondary N) is 1. The van der Waals surface area contributed by atoms with Crippen LogP contribution >= 0.6 is 28.3 Å². The molecule has 1 amide bonds. The Balaban J connectivity index is 0.00000280. The predicted octanol–water partition coefficient (Wildman–Crippen LogP) is 3.51. The molecule has 0 unspecified atom stereocenters. The van der Waals surface area contributed by atoms with Gasteiger partial charge in [0.05, 0.1) is 6.61 Å². The minimum atomic E-state index is -3.06. The van der Waals surface area contributed by atoms with E-state index in [1.54, 1.807) is 6.07 Å². The van der Waals surface area contributed by atoms with Gasteiger partial charge in [0.2, 0.25) is 0 Å². The van der Waals surface area contributed by atoms with E-state index in [1.807, 2.05) is 0 Å². The predicted molar refractivity (Wildman–Crippen MR) is 104 cm³/mol. The van der Waals surface area contributed by atoms with E-state index in [4.69, 9.17) is 10.5 Å². The maximum absolute atomic E-state index is 14.4. The lowest BCUT2D eigenvalue weighted by Gasteiger charge is -2.33. The lowest BCUT2D eigenvalue weighted by atomic mass is 9.90. The molecule has 150 valence electrons. The fourth-order valence-electron chi connectivity index (χ4n) is 2.64. The minimum Gasteiger partial charge on any atom is -0.385 e. The van der Waals surface area contributed by atoms with Gasteiger partial charge in [-0.3, -0.25) is 9.79 Å². The van der Waals surface area contributed by atoms with Crippen LogP contribution in [0.25, 0.3) is 0 Å². The van der Waals surface area contributed by atoms with Gasteiger partial charge in [0.15, 0.2) is 5.54 Å². The molecule has 0 spiro atoms. The van der Waals surface area contributed by atoms with Crippen molar-refractivity contribution in [3.8, 4) is 0 Å². The third kappa shape index (κ3) is 4.45. The van der Waals surface area contributed by atoms with Crippen molar-refractivity contribution in [2.45, 2.75) is 12.0 Å². The van der Waals surface area contributed by atoms with Crippen molar-refractivity contribution < 1.29 is 22.7 Å². The number of alkyl halides is 2. The van der Waals surface area contributed by atoms with Gasteiger partial charge in [-0.1, -0.05) is 0 Å². The molecular formula is C17H15BrClF3N4O2. The van der Waals surface area contributed by atoms with Crippen molar-refractivity contribution in [2.24, 2.45) is 10.7 Å². The van der Waals surface area contributed by atoms with E-state index < -0.39 is 35.9 Å². The molecule has 0 bridgehead atoms. The molecule has 1 aromatic heterocycles.